The number of aryl methyl sites for hydroxylation is 1. The fourth-order valence-electron chi connectivity index (χ4n) is 1.81. The lowest BCUT2D eigenvalue weighted by Gasteiger charge is -2.10. The first-order valence-electron chi connectivity index (χ1n) is 5.47. The van der Waals surface area contributed by atoms with E-state index in [-0.39, 0.29) is 12.2 Å². The van der Waals surface area contributed by atoms with E-state index in [2.05, 4.69) is 4.98 Å². The molecule has 0 aliphatic rings. The van der Waals surface area contributed by atoms with Gasteiger partial charge in [-0.2, -0.15) is 0 Å². The number of aliphatic hydroxyl groups is 1. The maximum atomic E-state index is 10.8. The van der Waals surface area contributed by atoms with Gasteiger partial charge in [0.05, 0.1) is 6.10 Å². The highest BCUT2D eigenvalue weighted by atomic mass is 16.6. The van der Waals surface area contributed by atoms with Crippen LogP contribution in [0.25, 0.3) is 0 Å². The van der Waals surface area contributed by atoms with Gasteiger partial charge in [0, 0.05) is 13.5 Å². The molecule has 1 N–H and O–H groups in total. The molecule has 0 spiro atoms. The van der Waals surface area contributed by atoms with Gasteiger partial charge >= 0.3 is 5.82 Å². The minimum Gasteiger partial charge on any atom is -0.388 e. The van der Waals surface area contributed by atoms with Gasteiger partial charge in [-0.1, -0.05) is 30.3 Å². The third kappa shape index (κ3) is 2.38. The summed E-state index contributed by atoms with van der Waals surface area (Å²) in [6, 6.07) is 9.05. The molecular formula is C12H13N3O3. The molecule has 1 aromatic heterocycles. The van der Waals surface area contributed by atoms with E-state index < -0.39 is 11.0 Å². The van der Waals surface area contributed by atoms with E-state index in [0.29, 0.717) is 5.69 Å². The summed E-state index contributed by atoms with van der Waals surface area (Å²) in [5.74, 6) is -0.201. The Morgan fingerprint density at radius 3 is 2.72 bits per heavy atom. The van der Waals surface area contributed by atoms with E-state index in [1.165, 1.54) is 6.33 Å². The van der Waals surface area contributed by atoms with Crippen molar-refractivity contribution >= 4 is 5.82 Å². The van der Waals surface area contributed by atoms with Crippen molar-refractivity contribution in [1.29, 1.82) is 0 Å². The van der Waals surface area contributed by atoms with Gasteiger partial charge in [-0.15, -0.1) is 0 Å². The van der Waals surface area contributed by atoms with Crippen LogP contribution in [0, 0.1) is 10.1 Å². The Bertz CT molecular complexity index is 551. The quantitative estimate of drug-likeness (QED) is 0.657. The second kappa shape index (κ2) is 4.97. The zero-order valence-electron chi connectivity index (χ0n) is 9.85. The molecule has 6 nitrogen and oxygen atoms in total. The molecule has 0 aliphatic heterocycles. The number of aromatic nitrogens is 2. The maximum Gasteiger partial charge on any atom is 0.384 e. The fraction of sp³-hybridized carbons (Fsp3) is 0.250. The van der Waals surface area contributed by atoms with E-state index in [4.69, 9.17) is 0 Å². The van der Waals surface area contributed by atoms with Gasteiger partial charge < -0.3 is 19.8 Å². The lowest BCUT2D eigenvalue weighted by Crippen LogP contribution is -2.07. The molecule has 2 aromatic rings. The first kappa shape index (κ1) is 12.3. The second-order valence-corrected chi connectivity index (χ2v) is 4.01. The number of rotatable bonds is 4. The zero-order valence-corrected chi connectivity index (χ0v) is 9.85. The molecule has 1 unspecified atom stereocenters. The van der Waals surface area contributed by atoms with Gasteiger partial charge in [-0.05, 0) is 15.5 Å². The van der Waals surface area contributed by atoms with Crippen LogP contribution in [0.3, 0.4) is 0 Å². The van der Waals surface area contributed by atoms with Crippen molar-refractivity contribution in [3.63, 3.8) is 0 Å². The highest BCUT2D eigenvalue weighted by Crippen LogP contribution is 2.23. The highest BCUT2D eigenvalue weighted by Gasteiger charge is 2.22. The van der Waals surface area contributed by atoms with Gasteiger partial charge in [0.25, 0.3) is 0 Å². The van der Waals surface area contributed by atoms with Gasteiger partial charge in [0.1, 0.15) is 5.69 Å². The number of hydrogen-bond donors (Lipinski definition) is 1. The monoisotopic (exact) mass is 247 g/mol. The van der Waals surface area contributed by atoms with E-state index in [0.717, 1.165) is 5.56 Å². The summed E-state index contributed by atoms with van der Waals surface area (Å²) in [7, 11) is 1.67. The van der Waals surface area contributed by atoms with Crippen molar-refractivity contribution in [1.82, 2.24) is 9.55 Å². The standard InChI is InChI=1S/C12H13N3O3/c1-14-8-13-12(15(17)18)10(14)7-11(16)9-5-3-2-4-6-9/h2-6,8,11,16H,7H2,1H3. The van der Waals surface area contributed by atoms with E-state index in [1.807, 2.05) is 18.2 Å². The molecule has 1 atom stereocenters. The molecule has 0 aliphatic carbocycles. The molecule has 0 saturated carbocycles. The molecule has 1 heterocycles. The summed E-state index contributed by atoms with van der Waals surface area (Å²) >= 11 is 0. The third-order valence-electron chi connectivity index (χ3n) is 2.78. The Balaban J connectivity index is 2.24. The van der Waals surface area contributed by atoms with Crippen LogP contribution in [0.2, 0.25) is 0 Å². The largest absolute Gasteiger partial charge is 0.388 e. The van der Waals surface area contributed by atoms with Crippen molar-refractivity contribution in [2.24, 2.45) is 7.05 Å². The van der Waals surface area contributed by atoms with Crippen molar-refractivity contribution in [3.05, 3.63) is 58.0 Å². The Morgan fingerprint density at radius 1 is 1.44 bits per heavy atom. The normalized spacial score (nSPS) is 12.3. The number of benzene rings is 1. The smallest absolute Gasteiger partial charge is 0.384 e. The molecule has 18 heavy (non-hydrogen) atoms. The summed E-state index contributed by atoms with van der Waals surface area (Å²) in [5.41, 5.74) is 1.14. The maximum absolute atomic E-state index is 10.8. The number of hydrogen-bond acceptors (Lipinski definition) is 4. The van der Waals surface area contributed by atoms with Crippen LogP contribution in [-0.2, 0) is 13.5 Å². The van der Waals surface area contributed by atoms with E-state index in [9.17, 15) is 15.2 Å². The molecule has 1 aromatic carbocycles. The number of nitro groups is 1. The van der Waals surface area contributed by atoms with E-state index >= 15 is 0 Å². The molecule has 0 radical (unpaired) electrons. The molecular weight excluding hydrogens is 234 g/mol. The zero-order chi connectivity index (χ0) is 13.1. The van der Waals surface area contributed by atoms with Crippen molar-refractivity contribution in [2.75, 3.05) is 0 Å². The number of imidazole rings is 1. The van der Waals surface area contributed by atoms with Crippen LogP contribution in [-0.4, -0.2) is 19.6 Å². The summed E-state index contributed by atoms with van der Waals surface area (Å²) in [6.07, 6.45) is 0.766. The molecule has 2 rings (SSSR count). The highest BCUT2D eigenvalue weighted by molar-refractivity contribution is 5.29. The lowest BCUT2D eigenvalue weighted by molar-refractivity contribution is -0.390. The predicted molar refractivity (Wildman–Crippen MR) is 65.0 cm³/mol. The van der Waals surface area contributed by atoms with Crippen molar-refractivity contribution in [2.45, 2.75) is 12.5 Å². The van der Waals surface area contributed by atoms with Gasteiger partial charge in [-0.25, -0.2) is 0 Å². The van der Waals surface area contributed by atoms with Gasteiger partial charge in [0.15, 0.2) is 0 Å². The molecule has 6 heteroatoms. The Kier molecular flexibility index (Phi) is 3.38. The van der Waals surface area contributed by atoms with Crippen LogP contribution in [0.4, 0.5) is 5.82 Å². The first-order chi connectivity index (χ1) is 8.59. The van der Waals surface area contributed by atoms with Gasteiger partial charge in [0.2, 0.25) is 6.33 Å². The van der Waals surface area contributed by atoms with Crippen LogP contribution >= 0.6 is 0 Å². The second-order valence-electron chi connectivity index (χ2n) is 4.01. The SMILES string of the molecule is Cn1cnc([N+](=O)[O-])c1CC(O)c1ccccc1. The Morgan fingerprint density at radius 2 is 2.11 bits per heavy atom. The van der Waals surface area contributed by atoms with Crippen LogP contribution in [0.1, 0.15) is 17.4 Å². The van der Waals surface area contributed by atoms with Crippen molar-refractivity contribution < 1.29 is 10.0 Å². The average molecular weight is 247 g/mol. The van der Waals surface area contributed by atoms with Crippen LogP contribution in [0.5, 0.6) is 0 Å². The Labute approximate surface area is 104 Å². The lowest BCUT2D eigenvalue weighted by atomic mass is 10.1. The Hall–Kier alpha value is -2.21. The summed E-state index contributed by atoms with van der Waals surface area (Å²) in [5, 5.41) is 20.9. The number of nitrogens with zero attached hydrogens (tertiary/aromatic N) is 3. The topological polar surface area (TPSA) is 81.2 Å². The average Bonchev–Trinajstić information content (AvgIpc) is 2.72. The molecule has 0 bridgehead atoms. The first-order valence-corrected chi connectivity index (χ1v) is 5.47. The number of aliphatic hydroxyl groups excluding tert-OH is 1. The summed E-state index contributed by atoms with van der Waals surface area (Å²) < 4.78 is 1.56. The molecule has 0 amide bonds. The van der Waals surface area contributed by atoms with Crippen molar-refractivity contribution in [3.8, 4) is 0 Å². The van der Waals surface area contributed by atoms with Gasteiger partial charge in [-0.3, -0.25) is 0 Å². The summed E-state index contributed by atoms with van der Waals surface area (Å²) in [4.78, 5) is 14.0. The predicted octanol–water partition coefficient (Wildman–Crippen LogP) is 1.60. The van der Waals surface area contributed by atoms with Crippen LogP contribution < -0.4 is 0 Å². The molecule has 94 valence electrons. The molecule has 0 saturated heterocycles. The van der Waals surface area contributed by atoms with Crippen LogP contribution in [0.15, 0.2) is 36.7 Å². The molecule has 0 fully saturated rings. The minimum absolute atomic E-state index is 0.164. The third-order valence-corrected chi connectivity index (χ3v) is 2.78. The van der Waals surface area contributed by atoms with E-state index in [1.54, 1.807) is 23.7 Å². The fourth-order valence-corrected chi connectivity index (χ4v) is 1.81. The summed E-state index contributed by atoms with van der Waals surface area (Å²) in [6.45, 7) is 0. The minimum atomic E-state index is -0.778.